The van der Waals surface area contributed by atoms with Gasteiger partial charge in [-0.3, -0.25) is 29.8 Å². The second-order valence-corrected chi connectivity index (χ2v) is 16.3. The van der Waals surface area contributed by atoms with Gasteiger partial charge in [0.2, 0.25) is 11.8 Å². The zero-order valence-corrected chi connectivity index (χ0v) is 33.8. The standard InChI is InChI=1S/C19H22Cl2N4O4.2C6H4N2O4S.Co/c1-17(2)13(26)24-18(3,4)15(28)22-11-7-9(20)10(21)8-12(11)23-16(29)19(5,6)25-14(17)27;2*7-13(11,12)6-3-1-5(2-4-6)8(9)10;/h7-8H,1-6H3,(H2,24,25,26,27);2*1-4H;/q;2*-1;/p-2. The Bertz CT molecular complexity index is 2250. The molecule has 0 saturated carbocycles. The van der Waals surface area contributed by atoms with Crippen LogP contribution in [0.3, 0.4) is 0 Å². The number of rotatable bonds is 4. The molecule has 1 aliphatic rings. The van der Waals surface area contributed by atoms with Crippen molar-refractivity contribution in [2.45, 2.75) is 62.4 Å². The molecule has 3 radical (unpaired) electrons. The number of hydrogen-bond acceptors (Lipinski definition) is 12. The van der Waals surface area contributed by atoms with Crippen LogP contribution in [0.15, 0.2) is 80.4 Å². The Morgan fingerprint density at radius 3 is 1.11 bits per heavy atom. The first-order valence-electron chi connectivity index (χ1n) is 14.9. The second kappa shape index (κ2) is 18.5. The third-order valence-corrected chi connectivity index (χ3v) is 9.49. The molecule has 0 spiro atoms. The minimum absolute atomic E-state index is 0. The number of nitro benzene ring substituents is 2. The van der Waals surface area contributed by atoms with Gasteiger partial charge in [-0.1, -0.05) is 50.9 Å². The molecule has 3 aromatic rings. The van der Waals surface area contributed by atoms with E-state index in [0.717, 1.165) is 48.5 Å². The maximum atomic E-state index is 12.7. The first-order chi connectivity index (χ1) is 24.9. The molecule has 56 heavy (non-hydrogen) atoms. The second-order valence-electron chi connectivity index (χ2n) is 12.6. The maximum absolute atomic E-state index is 12.7. The van der Waals surface area contributed by atoms with E-state index in [9.17, 15) is 56.2 Å². The van der Waals surface area contributed by atoms with E-state index in [4.69, 9.17) is 33.5 Å². The molecular formula is C31H28Cl2CoN8O12S2-4. The van der Waals surface area contributed by atoms with Gasteiger partial charge in [0.05, 0.1) is 62.5 Å². The average molecular weight is 899 g/mol. The molecule has 25 heteroatoms. The summed E-state index contributed by atoms with van der Waals surface area (Å²) in [7, 11) is -8.54. The summed E-state index contributed by atoms with van der Waals surface area (Å²) < 4.78 is 42.0. The topological polar surface area (TPSA) is 320 Å². The molecule has 0 aromatic heterocycles. The van der Waals surface area contributed by atoms with Crippen LogP contribution in [0, 0.1) is 25.6 Å². The Balaban J connectivity index is 0.000000480. The van der Waals surface area contributed by atoms with Crippen LogP contribution < -0.4 is 10.7 Å². The molecule has 4 amide bonds. The summed E-state index contributed by atoms with van der Waals surface area (Å²) in [5.74, 6) is -3.28. The first-order valence-corrected chi connectivity index (χ1v) is 18.5. The van der Waals surface area contributed by atoms with Crippen molar-refractivity contribution in [1.82, 2.24) is 0 Å². The minimum atomic E-state index is -4.27. The molecule has 0 N–H and O–H groups in total. The Morgan fingerprint density at radius 2 is 0.875 bits per heavy atom. The van der Waals surface area contributed by atoms with E-state index in [-0.39, 0.29) is 58.7 Å². The van der Waals surface area contributed by atoms with E-state index in [2.05, 4.69) is 20.6 Å². The molecule has 303 valence electrons. The monoisotopic (exact) mass is 897 g/mol. The van der Waals surface area contributed by atoms with Crippen molar-refractivity contribution < 1.29 is 62.6 Å². The first kappa shape index (κ1) is 49.3. The summed E-state index contributed by atoms with van der Waals surface area (Å²) in [6.07, 6.45) is 0. The van der Waals surface area contributed by atoms with Gasteiger partial charge in [0.25, 0.3) is 11.4 Å². The molecule has 20 nitrogen and oxygen atoms in total. The number of benzene rings is 3. The molecule has 1 heterocycles. The van der Waals surface area contributed by atoms with Crippen LogP contribution in [0.5, 0.6) is 0 Å². The SMILES string of the molecule is CC1(C)[N-]C(=O)C(C)(C)C(=O)[N-]C(C)(C)C(=O)N=c2cc(Cl)c(Cl)cc2=NC1=O.[Co].[N-]S(=O)(=O)c1ccc([N+](=O)[O-])cc1.[N-]S(=O)(=O)c1ccc([N+](=O)[O-])cc1. The summed E-state index contributed by atoms with van der Waals surface area (Å²) in [4.78, 5) is 76.9. The molecule has 0 atom stereocenters. The van der Waals surface area contributed by atoms with Crippen molar-refractivity contribution in [3.05, 3.63) is 123 Å². The number of carbonyl (C=O) groups is 4. The van der Waals surface area contributed by atoms with Gasteiger partial charge in [0.1, 0.15) is 0 Å². The Labute approximate surface area is 339 Å². The fourth-order valence-corrected chi connectivity index (χ4v) is 4.93. The van der Waals surface area contributed by atoms with E-state index in [0.29, 0.717) is 0 Å². The van der Waals surface area contributed by atoms with Crippen LogP contribution in [0.1, 0.15) is 41.5 Å². The Kier molecular flexibility index (Phi) is 16.2. The zero-order chi connectivity index (χ0) is 42.5. The van der Waals surface area contributed by atoms with Crippen molar-refractivity contribution in [2.75, 3.05) is 0 Å². The van der Waals surface area contributed by atoms with Crippen molar-refractivity contribution in [3.8, 4) is 0 Å². The molecule has 3 aromatic carbocycles. The minimum Gasteiger partial charge on any atom is -0.678 e. The molecule has 0 aliphatic carbocycles. The van der Waals surface area contributed by atoms with E-state index in [1.165, 1.54) is 53.7 Å². The van der Waals surface area contributed by atoms with Crippen LogP contribution in [0.2, 0.25) is 10.0 Å². The predicted octanol–water partition coefficient (Wildman–Crippen LogP) is 4.92. The Morgan fingerprint density at radius 1 is 0.607 bits per heavy atom. The quantitative estimate of drug-likeness (QED) is 0.191. The fourth-order valence-electron chi connectivity index (χ4n) is 3.65. The molecule has 0 unspecified atom stereocenters. The van der Waals surface area contributed by atoms with Crippen molar-refractivity contribution in [3.63, 3.8) is 0 Å². The summed E-state index contributed by atoms with van der Waals surface area (Å²) in [6.45, 7) is 8.20. The van der Waals surface area contributed by atoms with E-state index >= 15 is 0 Å². The Hall–Kier alpha value is -4.75. The maximum Gasteiger partial charge on any atom is 0.269 e. The number of hydrogen-bond donors (Lipinski definition) is 0. The van der Waals surface area contributed by atoms with Gasteiger partial charge < -0.3 is 30.5 Å². The van der Waals surface area contributed by atoms with Crippen LogP contribution in [0.25, 0.3) is 20.9 Å². The zero-order valence-electron chi connectivity index (χ0n) is 29.7. The van der Waals surface area contributed by atoms with Gasteiger partial charge in [0, 0.05) is 56.3 Å². The number of carbonyl (C=O) groups excluding carboxylic acids is 4. The van der Waals surface area contributed by atoms with Gasteiger partial charge >= 0.3 is 0 Å². The molecular weight excluding hydrogens is 870 g/mol. The number of nitrogens with zero attached hydrogens (tertiary/aromatic N) is 8. The number of fused-ring (bicyclic) bond motifs is 1. The third-order valence-electron chi connectivity index (χ3n) is 7.03. The smallest absolute Gasteiger partial charge is 0.269 e. The number of halogens is 2. The van der Waals surface area contributed by atoms with Crippen LogP contribution in [-0.2, 0) is 56.0 Å². The molecule has 0 saturated heterocycles. The van der Waals surface area contributed by atoms with Gasteiger partial charge in [0.15, 0.2) is 0 Å². The van der Waals surface area contributed by atoms with Gasteiger partial charge in [-0.15, -0.1) is 0 Å². The molecule has 0 fully saturated rings. The number of non-ortho nitro benzene ring substituents is 2. The summed E-state index contributed by atoms with van der Waals surface area (Å²) >= 11 is 12.0. The number of amides is 4. The molecule has 1 aliphatic heterocycles. The number of sulfonamides is 2. The largest absolute Gasteiger partial charge is 0.678 e. The van der Waals surface area contributed by atoms with Gasteiger partial charge in [-0.2, -0.15) is 0 Å². The summed E-state index contributed by atoms with van der Waals surface area (Å²) in [5, 5.41) is 45.3. The van der Waals surface area contributed by atoms with Crippen LogP contribution in [-0.4, -0.2) is 61.4 Å². The van der Waals surface area contributed by atoms with Crippen molar-refractivity contribution in [2.24, 2.45) is 15.4 Å². The van der Waals surface area contributed by atoms with E-state index in [1.807, 2.05) is 0 Å². The summed E-state index contributed by atoms with van der Waals surface area (Å²) in [5.41, 5.74) is -5.29. The van der Waals surface area contributed by atoms with Gasteiger partial charge in [-0.25, -0.2) is 26.8 Å². The van der Waals surface area contributed by atoms with Crippen molar-refractivity contribution in [1.29, 1.82) is 0 Å². The molecule has 0 bridgehead atoms. The van der Waals surface area contributed by atoms with E-state index < -0.39 is 70.0 Å². The van der Waals surface area contributed by atoms with Crippen LogP contribution in [0.4, 0.5) is 11.4 Å². The third kappa shape index (κ3) is 13.2. The van der Waals surface area contributed by atoms with Crippen molar-refractivity contribution >= 4 is 78.3 Å². The number of nitro groups is 2. The van der Waals surface area contributed by atoms with E-state index in [1.54, 1.807) is 0 Å². The van der Waals surface area contributed by atoms with Gasteiger partial charge in [-0.05, 0) is 61.3 Å². The normalized spacial score (nSPS) is 16.2. The predicted molar refractivity (Wildman–Crippen MR) is 195 cm³/mol. The average Bonchev–Trinajstić information content (AvgIpc) is 3.06. The van der Waals surface area contributed by atoms with Crippen LogP contribution >= 0.6 is 23.2 Å². The molecule has 4 rings (SSSR count). The fraction of sp³-hybridized carbons (Fsp3) is 0.290. The summed E-state index contributed by atoms with van der Waals surface area (Å²) in [6, 6.07) is 10.4.